The predicted molar refractivity (Wildman–Crippen MR) is 61.4 cm³/mol. The van der Waals surface area contributed by atoms with Gasteiger partial charge in [0, 0.05) is 12.1 Å². The van der Waals surface area contributed by atoms with Crippen LogP contribution in [0.3, 0.4) is 0 Å². The van der Waals surface area contributed by atoms with Gasteiger partial charge >= 0.3 is 0 Å². The van der Waals surface area contributed by atoms with E-state index in [1.54, 1.807) is 0 Å². The Morgan fingerprint density at radius 2 is 1.57 bits per heavy atom. The highest BCUT2D eigenvalue weighted by atomic mass is 15.0. The number of rotatable bonds is 1. The lowest BCUT2D eigenvalue weighted by atomic mass is 9.81. The lowest BCUT2D eigenvalue weighted by Gasteiger charge is -2.25. The average Bonchev–Trinajstić information content (AvgIpc) is 2.43. The molecule has 0 aromatic rings. The molecular formula is C13H25N. The van der Waals surface area contributed by atoms with Crippen molar-refractivity contribution in [3.63, 3.8) is 0 Å². The molecule has 2 aliphatic rings. The topological polar surface area (TPSA) is 12.0 Å². The van der Waals surface area contributed by atoms with Gasteiger partial charge in [0.25, 0.3) is 0 Å². The summed E-state index contributed by atoms with van der Waals surface area (Å²) < 4.78 is 0. The zero-order valence-corrected chi connectivity index (χ0v) is 9.76. The van der Waals surface area contributed by atoms with Crippen LogP contribution >= 0.6 is 0 Å². The first kappa shape index (κ1) is 10.5. The minimum absolute atomic E-state index is 0.762. The van der Waals surface area contributed by atoms with Gasteiger partial charge in [0.1, 0.15) is 0 Å². The highest BCUT2D eigenvalue weighted by molar-refractivity contribution is 4.90. The van der Waals surface area contributed by atoms with E-state index in [1.165, 1.54) is 44.9 Å². The van der Waals surface area contributed by atoms with E-state index in [0.29, 0.717) is 0 Å². The second-order valence-corrected chi connectivity index (χ2v) is 5.51. The van der Waals surface area contributed by atoms with Crippen LogP contribution in [0.15, 0.2) is 0 Å². The predicted octanol–water partition coefficient (Wildman–Crippen LogP) is 3.34. The summed E-state index contributed by atoms with van der Waals surface area (Å²) in [6.07, 6.45) is 10.4. The van der Waals surface area contributed by atoms with E-state index in [4.69, 9.17) is 0 Å². The molecule has 2 fully saturated rings. The zero-order valence-electron chi connectivity index (χ0n) is 9.76. The van der Waals surface area contributed by atoms with E-state index in [0.717, 1.165) is 23.9 Å². The van der Waals surface area contributed by atoms with Crippen molar-refractivity contribution in [2.24, 2.45) is 11.8 Å². The molecule has 14 heavy (non-hydrogen) atoms. The van der Waals surface area contributed by atoms with Gasteiger partial charge in [-0.1, -0.05) is 38.5 Å². The fourth-order valence-electron chi connectivity index (χ4n) is 3.59. The molecule has 1 aliphatic carbocycles. The van der Waals surface area contributed by atoms with Crippen LogP contribution in [0.2, 0.25) is 0 Å². The fourth-order valence-corrected chi connectivity index (χ4v) is 3.59. The molecule has 3 atom stereocenters. The molecule has 0 amide bonds. The molecule has 1 heterocycles. The Morgan fingerprint density at radius 1 is 0.929 bits per heavy atom. The Morgan fingerprint density at radius 3 is 2.07 bits per heavy atom. The number of hydrogen-bond acceptors (Lipinski definition) is 1. The van der Waals surface area contributed by atoms with Gasteiger partial charge in [-0.3, -0.25) is 0 Å². The largest absolute Gasteiger partial charge is 0.311 e. The van der Waals surface area contributed by atoms with Crippen molar-refractivity contribution in [3.8, 4) is 0 Å². The van der Waals surface area contributed by atoms with E-state index >= 15 is 0 Å². The summed E-state index contributed by atoms with van der Waals surface area (Å²) in [6, 6.07) is 1.53. The van der Waals surface area contributed by atoms with Gasteiger partial charge in [0.2, 0.25) is 0 Å². The monoisotopic (exact) mass is 195 g/mol. The molecule has 3 unspecified atom stereocenters. The van der Waals surface area contributed by atoms with Crippen LogP contribution in [0.1, 0.15) is 58.8 Å². The Labute approximate surface area is 88.7 Å². The van der Waals surface area contributed by atoms with Crippen molar-refractivity contribution >= 4 is 0 Å². The molecular weight excluding hydrogens is 170 g/mol. The Hall–Kier alpha value is -0.0400. The van der Waals surface area contributed by atoms with Crippen LogP contribution < -0.4 is 5.32 Å². The minimum Gasteiger partial charge on any atom is -0.311 e. The Balaban J connectivity index is 1.92. The highest BCUT2D eigenvalue weighted by Crippen LogP contribution is 2.36. The molecule has 82 valence electrons. The molecule has 1 aliphatic heterocycles. The van der Waals surface area contributed by atoms with E-state index in [9.17, 15) is 0 Å². The van der Waals surface area contributed by atoms with Crippen LogP contribution in [0, 0.1) is 11.8 Å². The van der Waals surface area contributed by atoms with Gasteiger partial charge in [-0.15, -0.1) is 0 Å². The molecule has 0 radical (unpaired) electrons. The summed E-state index contributed by atoms with van der Waals surface area (Å²) >= 11 is 0. The molecule has 1 saturated carbocycles. The van der Waals surface area contributed by atoms with E-state index in [2.05, 4.69) is 19.2 Å². The van der Waals surface area contributed by atoms with Gasteiger partial charge < -0.3 is 5.32 Å². The van der Waals surface area contributed by atoms with Crippen molar-refractivity contribution < 1.29 is 0 Å². The third-order valence-electron chi connectivity index (χ3n) is 4.32. The summed E-state index contributed by atoms with van der Waals surface area (Å²) in [5.74, 6) is 2.01. The molecule has 1 saturated heterocycles. The van der Waals surface area contributed by atoms with Crippen molar-refractivity contribution in [2.45, 2.75) is 70.9 Å². The van der Waals surface area contributed by atoms with E-state index in [-0.39, 0.29) is 0 Å². The molecule has 0 aromatic heterocycles. The van der Waals surface area contributed by atoms with E-state index < -0.39 is 0 Å². The van der Waals surface area contributed by atoms with Crippen LogP contribution in [0.5, 0.6) is 0 Å². The van der Waals surface area contributed by atoms with E-state index in [1.807, 2.05) is 0 Å². The van der Waals surface area contributed by atoms with Crippen LogP contribution in [0.4, 0.5) is 0 Å². The Kier molecular flexibility index (Phi) is 3.48. The van der Waals surface area contributed by atoms with Gasteiger partial charge in [-0.2, -0.15) is 0 Å². The standard InChI is InChI=1S/C13H25N/c1-10-9-13(11(2)14-10)12-7-5-3-4-6-8-12/h10-14H,3-9H2,1-2H3. The lowest BCUT2D eigenvalue weighted by molar-refractivity contribution is 0.279. The van der Waals surface area contributed by atoms with Gasteiger partial charge in [0.15, 0.2) is 0 Å². The van der Waals surface area contributed by atoms with Gasteiger partial charge in [0.05, 0.1) is 0 Å². The molecule has 0 spiro atoms. The first-order valence-electron chi connectivity index (χ1n) is 6.53. The molecule has 0 aromatic carbocycles. The first-order chi connectivity index (χ1) is 6.77. The van der Waals surface area contributed by atoms with Crippen LogP contribution in [-0.4, -0.2) is 12.1 Å². The van der Waals surface area contributed by atoms with Crippen molar-refractivity contribution in [3.05, 3.63) is 0 Å². The maximum absolute atomic E-state index is 3.68. The summed E-state index contributed by atoms with van der Waals surface area (Å²) in [5.41, 5.74) is 0. The Bertz CT molecular complexity index is 170. The fraction of sp³-hybridized carbons (Fsp3) is 1.00. The first-order valence-corrected chi connectivity index (χ1v) is 6.53. The average molecular weight is 195 g/mol. The maximum Gasteiger partial charge on any atom is 0.00726 e. The molecule has 1 N–H and O–H groups in total. The van der Waals surface area contributed by atoms with Crippen molar-refractivity contribution in [2.75, 3.05) is 0 Å². The summed E-state index contributed by atoms with van der Waals surface area (Å²) in [5, 5.41) is 3.68. The molecule has 1 heteroatoms. The lowest BCUT2D eigenvalue weighted by Crippen LogP contribution is -2.29. The second-order valence-electron chi connectivity index (χ2n) is 5.51. The summed E-state index contributed by atoms with van der Waals surface area (Å²) in [6.45, 7) is 4.73. The normalized spacial score (nSPS) is 41.1. The van der Waals surface area contributed by atoms with Crippen LogP contribution in [0.25, 0.3) is 0 Å². The highest BCUT2D eigenvalue weighted by Gasteiger charge is 2.33. The smallest absolute Gasteiger partial charge is 0.00726 e. The quantitative estimate of drug-likeness (QED) is 0.633. The molecule has 1 nitrogen and oxygen atoms in total. The van der Waals surface area contributed by atoms with Gasteiger partial charge in [-0.25, -0.2) is 0 Å². The second kappa shape index (κ2) is 4.65. The molecule has 0 bridgehead atoms. The third-order valence-corrected chi connectivity index (χ3v) is 4.32. The van der Waals surface area contributed by atoms with Crippen LogP contribution in [-0.2, 0) is 0 Å². The zero-order chi connectivity index (χ0) is 9.97. The maximum atomic E-state index is 3.68. The minimum atomic E-state index is 0.762. The van der Waals surface area contributed by atoms with Crippen molar-refractivity contribution in [1.29, 1.82) is 0 Å². The third kappa shape index (κ3) is 2.31. The SMILES string of the molecule is CC1CC(C2CCCCCC2)C(C)N1. The van der Waals surface area contributed by atoms with Crippen molar-refractivity contribution in [1.82, 2.24) is 5.32 Å². The number of hydrogen-bond donors (Lipinski definition) is 1. The molecule has 2 rings (SSSR count). The summed E-state index contributed by atoms with van der Waals surface area (Å²) in [4.78, 5) is 0. The van der Waals surface area contributed by atoms with Gasteiger partial charge in [-0.05, 0) is 32.1 Å². The summed E-state index contributed by atoms with van der Waals surface area (Å²) in [7, 11) is 0. The number of nitrogens with one attached hydrogen (secondary N) is 1.